The molecule has 4 heteroatoms. The third-order valence-electron chi connectivity index (χ3n) is 1.99. The minimum atomic E-state index is 0.437. The number of hydrogen-bond acceptors (Lipinski definition) is 3. The van der Waals surface area contributed by atoms with Crippen molar-refractivity contribution in [2.24, 2.45) is 0 Å². The van der Waals surface area contributed by atoms with Crippen molar-refractivity contribution in [3.05, 3.63) is 17.5 Å². The van der Waals surface area contributed by atoms with Gasteiger partial charge in [-0.05, 0) is 12.8 Å². The Morgan fingerprint density at radius 1 is 1.46 bits per heavy atom. The van der Waals surface area contributed by atoms with E-state index in [-0.39, 0.29) is 0 Å². The number of anilines is 1. The van der Waals surface area contributed by atoms with E-state index in [0.717, 1.165) is 18.7 Å². The molecular weight excluding hydrogens is 186 g/mol. The molecule has 0 fully saturated rings. The topological polar surface area (TPSA) is 37.8 Å². The van der Waals surface area contributed by atoms with E-state index in [1.807, 2.05) is 0 Å². The Hall–Kier alpha value is -0.830. The lowest BCUT2D eigenvalue weighted by molar-refractivity contribution is 0.668. The van der Waals surface area contributed by atoms with Gasteiger partial charge in [-0.3, -0.25) is 0 Å². The molecule has 0 radical (unpaired) electrons. The first-order chi connectivity index (χ1) is 6.27. The Kier molecular flexibility index (Phi) is 3.96. The second kappa shape index (κ2) is 5.02. The predicted octanol–water partition coefficient (Wildman–Crippen LogP) is 2.73. The predicted molar refractivity (Wildman–Crippen MR) is 55.0 cm³/mol. The molecule has 1 N–H and O–H groups in total. The maximum Gasteiger partial charge on any atom is 0.148 e. The highest BCUT2D eigenvalue weighted by molar-refractivity contribution is 6.32. The highest BCUT2D eigenvalue weighted by atomic mass is 35.5. The molecule has 13 heavy (non-hydrogen) atoms. The number of hydrogen-bond donors (Lipinski definition) is 1. The van der Waals surface area contributed by atoms with Gasteiger partial charge in [0.15, 0.2) is 0 Å². The van der Waals surface area contributed by atoms with Crippen LogP contribution in [0.2, 0.25) is 5.02 Å². The number of halogens is 1. The van der Waals surface area contributed by atoms with Gasteiger partial charge in [0.05, 0.1) is 6.20 Å². The lowest BCUT2D eigenvalue weighted by Crippen LogP contribution is -2.18. The molecule has 1 heterocycles. The van der Waals surface area contributed by atoms with Crippen LogP contribution in [0.25, 0.3) is 0 Å². The van der Waals surface area contributed by atoms with Crippen LogP contribution in [-0.4, -0.2) is 16.0 Å². The van der Waals surface area contributed by atoms with Crippen LogP contribution in [-0.2, 0) is 0 Å². The van der Waals surface area contributed by atoms with Crippen LogP contribution in [0.1, 0.15) is 26.7 Å². The van der Waals surface area contributed by atoms with Gasteiger partial charge in [-0.25, -0.2) is 9.97 Å². The summed E-state index contributed by atoms with van der Waals surface area (Å²) in [6, 6.07) is 0.437. The zero-order valence-corrected chi connectivity index (χ0v) is 8.67. The first-order valence-electron chi connectivity index (χ1n) is 4.50. The van der Waals surface area contributed by atoms with Crippen LogP contribution >= 0.6 is 11.6 Å². The molecule has 0 saturated heterocycles. The molecule has 72 valence electrons. The van der Waals surface area contributed by atoms with Crippen molar-refractivity contribution in [3.8, 4) is 0 Å². The summed E-state index contributed by atoms with van der Waals surface area (Å²) in [5, 5.41) is 3.84. The zero-order chi connectivity index (χ0) is 9.68. The summed E-state index contributed by atoms with van der Waals surface area (Å²) in [4.78, 5) is 7.88. The van der Waals surface area contributed by atoms with Crippen molar-refractivity contribution in [2.75, 3.05) is 5.32 Å². The van der Waals surface area contributed by atoms with Crippen molar-refractivity contribution >= 4 is 17.4 Å². The molecule has 1 rings (SSSR count). The van der Waals surface area contributed by atoms with Crippen LogP contribution in [0, 0.1) is 0 Å². The molecule has 0 aliphatic heterocycles. The average Bonchev–Trinajstić information content (AvgIpc) is 2.17. The molecule has 3 nitrogen and oxygen atoms in total. The smallest absolute Gasteiger partial charge is 0.148 e. The van der Waals surface area contributed by atoms with E-state index in [2.05, 4.69) is 29.1 Å². The average molecular weight is 200 g/mol. The van der Waals surface area contributed by atoms with Gasteiger partial charge in [0.25, 0.3) is 0 Å². The maximum atomic E-state index is 5.89. The van der Waals surface area contributed by atoms with Gasteiger partial charge in [0.2, 0.25) is 0 Å². The first kappa shape index (κ1) is 10.3. The second-order valence-electron chi connectivity index (χ2n) is 2.88. The minimum Gasteiger partial charge on any atom is -0.366 e. The molecule has 0 aliphatic rings. The lowest BCUT2D eigenvalue weighted by Gasteiger charge is -2.15. The maximum absolute atomic E-state index is 5.89. The molecule has 0 spiro atoms. The Morgan fingerprint density at radius 2 is 2.15 bits per heavy atom. The molecule has 1 aromatic rings. The summed E-state index contributed by atoms with van der Waals surface area (Å²) >= 11 is 5.89. The van der Waals surface area contributed by atoms with Crippen molar-refractivity contribution in [3.63, 3.8) is 0 Å². The molecule has 1 aromatic heterocycles. The Bertz CT molecular complexity index is 261. The van der Waals surface area contributed by atoms with E-state index >= 15 is 0 Å². The van der Waals surface area contributed by atoms with Gasteiger partial charge in [0.1, 0.15) is 17.2 Å². The standard InChI is InChI=1S/C9H14ClN3/c1-3-7(4-2)13-9-8(10)5-11-6-12-9/h5-7H,3-4H2,1-2H3,(H,11,12,13). The molecule has 0 amide bonds. The monoisotopic (exact) mass is 199 g/mol. The van der Waals surface area contributed by atoms with E-state index in [9.17, 15) is 0 Å². The van der Waals surface area contributed by atoms with E-state index in [0.29, 0.717) is 11.1 Å². The first-order valence-corrected chi connectivity index (χ1v) is 4.87. The molecule has 0 saturated carbocycles. The molecule has 0 bridgehead atoms. The normalized spacial score (nSPS) is 10.5. The van der Waals surface area contributed by atoms with Crippen LogP contribution in [0.3, 0.4) is 0 Å². The fraction of sp³-hybridized carbons (Fsp3) is 0.556. The summed E-state index contributed by atoms with van der Waals surface area (Å²) in [7, 11) is 0. The molecule has 0 aliphatic carbocycles. The summed E-state index contributed by atoms with van der Waals surface area (Å²) < 4.78 is 0. The van der Waals surface area contributed by atoms with Gasteiger partial charge in [0, 0.05) is 6.04 Å². The lowest BCUT2D eigenvalue weighted by atomic mass is 10.2. The Morgan fingerprint density at radius 3 is 2.69 bits per heavy atom. The van der Waals surface area contributed by atoms with E-state index in [4.69, 9.17) is 11.6 Å². The summed E-state index contributed by atoms with van der Waals surface area (Å²) in [5.74, 6) is 0.727. The quantitative estimate of drug-likeness (QED) is 0.811. The van der Waals surface area contributed by atoms with Crippen LogP contribution in [0.5, 0.6) is 0 Å². The van der Waals surface area contributed by atoms with E-state index in [1.54, 1.807) is 6.20 Å². The Balaban J connectivity index is 2.67. The second-order valence-corrected chi connectivity index (χ2v) is 3.28. The molecule has 0 unspecified atom stereocenters. The number of nitrogens with zero attached hydrogens (tertiary/aromatic N) is 2. The van der Waals surface area contributed by atoms with Gasteiger partial charge in [-0.1, -0.05) is 25.4 Å². The SMILES string of the molecule is CCC(CC)Nc1ncncc1Cl. The van der Waals surface area contributed by atoms with Gasteiger partial charge < -0.3 is 5.32 Å². The van der Waals surface area contributed by atoms with Gasteiger partial charge >= 0.3 is 0 Å². The third kappa shape index (κ3) is 2.84. The van der Waals surface area contributed by atoms with Gasteiger partial charge in [-0.15, -0.1) is 0 Å². The summed E-state index contributed by atoms with van der Waals surface area (Å²) in [6.45, 7) is 4.27. The fourth-order valence-corrected chi connectivity index (χ4v) is 1.26. The van der Waals surface area contributed by atoms with Gasteiger partial charge in [-0.2, -0.15) is 0 Å². The van der Waals surface area contributed by atoms with E-state index < -0.39 is 0 Å². The molecule has 0 atom stereocenters. The summed E-state index contributed by atoms with van der Waals surface area (Å²) in [5.41, 5.74) is 0. The summed E-state index contributed by atoms with van der Waals surface area (Å²) in [6.07, 6.45) is 5.23. The fourth-order valence-electron chi connectivity index (χ4n) is 1.11. The highest BCUT2D eigenvalue weighted by Gasteiger charge is 2.06. The molecular formula is C9H14ClN3. The number of rotatable bonds is 4. The van der Waals surface area contributed by atoms with Crippen molar-refractivity contribution in [1.29, 1.82) is 0 Å². The van der Waals surface area contributed by atoms with Crippen molar-refractivity contribution in [1.82, 2.24) is 9.97 Å². The van der Waals surface area contributed by atoms with Crippen LogP contribution in [0.4, 0.5) is 5.82 Å². The Labute approximate surface area is 83.5 Å². The van der Waals surface area contributed by atoms with Crippen LogP contribution in [0.15, 0.2) is 12.5 Å². The van der Waals surface area contributed by atoms with E-state index in [1.165, 1.54) is 6.33 Å². The minimum absolute atomic E-state index is 0.437. The number of nitrogens with one attached hydrogen (secondary N) is 1. The van der Waals surface area contributed by atoms with Crippen molar-refractivity contribution in [2.45, 2.75) is 32.7 Å². The largest absolute Gasteiger partial charge is 0.366 e. The molecule has 0 aromatic carbocycles. The number of aromatic nitrogens is 2. The third-order valence-corrected chi connectivity index (χ3v) is 2.27. The zero-order valence-electron chi connectivity index (χ0n) is 7.92. The highest BCUT2D eigenvalue weighted by Crippen LogP contribution is 2.18. The van der Waals surface area contributed by atoms with Crippen LogP contribution < -0.4 is 5.32 Å². The van der Waals surface area contributed by atoms with Crippen molar-refractivity contribution < 1.29 is 0 Å².